The highest BCUT2D eigenvalue weighted by Gasteiger charge is 2.39. The molecular weight excluding hydrogens is 336 g/mol. The molecule has 2 aromatic rings. The van der Waals surface area contributed by atoms with Crippen LogP contribution in [-0.4, -0.2) is 25.9 Å². The zero-order valence-electron chi connectivity index (χ0n) is 16.2. The summed E-state index contributed by atoms with van der Waals surface area (Å²) in [6, 6.07) is 19.4. The zero-order valence-corrected chi connectivity index (χ0v) is 16.2. The van der Waals surface area contributed by atoms with E-state index in [9.17, 15) is 9.59 Å². The number of carbonyl (C=O) groups excluding carboxylic acids is 2. The Bertz CT molecular complexity index is 706. The summed E-state index contributed by atoms with van der Waals surface area (Å²) in [6.45, 7) is 0. The van der Waals surface area contributed by atoms with Crippen molar-refractivity contribution in [2.45, 2.75) is 38.5 Å². The van der Waals surface area contributed by atoms with Crippen LogP contribution in [0.15, 0.2) is 60.7 Å². The van der Waals surface area contributed by atoms with Gasteiger partial charge in [-0.05, 0) is 42.5 Å². The van der Waals surface area contributed by atoms with E-state index in [1.54, 1.807) is 9.80 Å². The second kappa shape index (κ2) is 8.38. The smallest absolute Gasteiger partial charge is 0.227 e. The molecule has 0 heterocycles. The van der Waals surface area contributed by atoms with Gasteiger partial charge in [-0.2, -0.15) is 0 Å². The quantitative estimate of drug-likeness (QED) is 0.748. The van der Waals surface area contributed by atoms with Crippen LogP contribution in [0.1, 0.15) is 38.5 Å². The number of rotatable bonds is 6. The van der Waals surface area contributed by atoms with E-state index in [4.69, 9.17) is 0 Å². The van der Waals surface area contributed by atoms with Crippen molar-refractivity contribution >= 4 is 23.2 Å². The molecule has 1 aliphatic carbocycles. The lowest BCUT2D eigenvalue weighted by Crippen LogP contribution is -2.37. The van der Waals surface area contributed by atoms with Gasteiger partial charge in [-0.1, -0.05) is 49.2 Å². The fraction of sp³-hybridized carbons (Fsp3) is 0.391. The summed E-state index contributed by atoms with van der Waals surface area (Å²) in [5.41, 5.74) is 1.56. The first-order valence-electron chi connectivity index (χ1n) is 9.64. The van der Waals surface area contributed by atoms with Gasteiger partial charge in [0.1, 0.15) is 0 Å². The van der Waals surface area contributed by atoms with E-state index in [0.717, 1.165) is 37.1 Å². The molecule has 0 N–H and O–H groups in total. The van der Waals surface area contributed by atoms with Crippen molar-refractivity contribution in [2.75, 3.05) is 23.9 Å². The minimum atomic E-state index is -0.222. The van der Waals surface area contributed by atoms with Gasteiger partial charge >= 0.3 is 0 Å². The normalized spacial score (nSPS) is 15.3. The van der Waals surface area contributed by atoms with Gasteiger partial charge in [-0.15, -0.1) is 0 Å². The maximum Gasteiger partial charge on any atom is 0.227 e. The minimum Gasteiger partial charge on any atom is -0.315 e. The number of carbonyl (C=O) groups is 2. The van der Waals surface area contributed by atoms with E-state index in [1.807, 2.05) is 74.8 Å². The van der Waals surface area contributed by atoms with Crippen LogP contribution < -0.4 is 9.80 Å². The van der Waals surface area contributed by atoms with Crippen LogP contribution in [0.5, 0.6) is 0 Å². The van der Waals surface area contributed by atoms with E-state index in [1.165, 1.54) is 0 Å². The van der Waals surface area contributed by atoms with Crippen LogP contribution in [-0.2, 0) is 9.59 Å². The highest BCUT2D eigenvalue weighted by Crippen LogP contribution is 2.45. The first kappa shape index (κ1) is 19.2. The summed E-state index contributed by atoms with van der Waals surface area (Å²) in [5.74, 6) is 0.163. The van der Waals surface area contributed by atoms with Gasteiger partial charge in [0.25, 0.3) is 0 Å². The van der Waals surface area contributed by atoms with Crippen molar-refractivity contribution in [1.29, 1.82) is 0 Å². The van der Waals surface area contributed by atoms with E-state index in [-0.39, 0.29) is 17.2 Å². The molecule has 0 radical (unpaired) electrons. The zero-order chi connectivity index (χ0) is 19.3. The van der Waals surface area contributed by atoms with Gasteiger partial charge in [0.2, 0.25) is 11.8 Å². The lowest BCUT2D eigenvalue weighted by Gasteiger charge is -2.31. The Kier molecular flexibility index (Phi) is 5.94. The molecule has 3 rings (SSSR count). The average Bonchev–Trinajstić information content (AvgIpc) is 3.15. The number of anilines is 2. The van der Waals surface area contributed by atoms with Crippen LogP contribution in [0, 0.1) is 5.41 Å². The predicted molar refractivity (Wildman–Crippen MR) is 110 cm³/mol. The van der Waals surface area contributed by atoms with Crippen LogP contribution >= 0.6 is 0 Å². The molecule has 1 fully saturated rings. The number of hydrogen-bond donors (Lipinski definition) is 0. The number of hydrogen-bond acceptors (Lipinski definition) is 2. The molecule has 2 aromatic carbocycles. The van der Waals surface area contributed by atoms with Crippen molar-refractivity contribution < 1.29 is 9.59 Å². The maximum atomic E-state index is 12.9. The number of amides is 2. The molecular formula is C23H28N2O2. The molecule has 0 aromatic heterocycles. The molecule has 1 saturated carbocycles. The fourth-order valence-corrected chi connectivity index (χ4v) is 4.01. The first-order valence-corrected chi connectivity index (χ1v) is 9.64. The van der Waals surface area contributed by atoms with Gasteiger partial charge in [0.05, 0.1) is 0 Å². The third-order valence-corrected chi connectivity index (χ3v) is 5.75. The van der Waals surface area contributed by atoms with Gasteiger partial charge in [-0.25, -0.2) is 0 Å². The van der Waals surface area contributed by atoms with Gasteiger partial charge in [0, 0.05) is 38.3 Å². The predicted octanol–water partition coefficient (Wildman–Crippen LogP) is 4.65. The summed E-state index contributed by atoms with van der Waals surface area (Å²) in [6.07, 6.45) is 4.90. The molecule has 0 atom stereocenters. The Morgan fingerprint density at radius 2 is 1.11 bits per heavy atom. The molecule has 2 amide bonds. The SMILES string of the molecule is CN(C(=O)CC1(CC(=O)N(C)c2ccccc2)CCCC1)c1ccccc1. The summed E-state index contributed by atoms with van der Waals surface area (Å²) in [7, 11) is 3.64. The average molecular weight is 364 g/mol. The van der Waals surface area contributed by atoms with Crippen LogP contribution in [0.25, 0.3) is 0 Å². The van der Waals surface area contributed by atoms with Crippen molar-refractivity contribution in [3.8, 4) is 0 Å². The van der Waals surface area contributed by atoms with Crippen LogP contribution in [0.4, 0.5) is 11.4 Å². The molecule has 4 nitrogen and oxygen atoms in total. The summed E-state index contributed by atoms with van der Waals surface area (Å²) in [5, 5.41) is 0. The molecule has 0 unspecified atom stereocenters. The Morgan fingerprint density at radius 1 is 0.741 bits per heavy atom. The van der Waals surface area contributed by atoms with E-state index in [2.05, 4.69) is 0 Å². The minimum absolute atomic E-state index is 0.0817. The van der Waals surface area contributed by atoms with Gasteiger partial charge < -0.3 is 9.80 Å². The Morgan fingerprint density at radius 3 is 1.48 bits per heavy atom. The number of benzene rings is 2. The first-order chi connectivity index (χ1) is 13.0. The summed E-state index contributed by atoms with van der Waals surface area (Å²) < 4.78 is 0. The third-order valence-electron chi connectivity index (χ3n) is 5.75. The lowest BCUT2D eigenvalue weighted by molar-refractivity contribution is -0.123. The van der Waals surface area contributed by atoms with Crippen molar-refractivity contribution in [1.82, 2.24) is 0 Å². The molecule has 27 heavy (non-hydrogen) atoms. The Hall–Kier alpha value is -2.62. The second-order valence-corrected chi connectivity index (χ2v) is 7.64. The summed E-state index contributed by atoms with van der Waals surface area (Å²) in [4.78, 5) is 29.3. The molecule has 0 aliphatic heterocycles. The molecule has 1 aliphatic rings. The topological polar surface area (TPSA) is 40.6 Å². The van der Waals surface area contributed by atoms with E-state index < -0.39 is 0 Å². The van der Waals surface area contributed by atoms with Crippen LogP contribution in [0.3, 0.4) is 0 Å². The highest BCUT2D eigenvalue weighted by atomic mass is 16.2. The molecule has 4 heteroatoms. The lowest BCUT2D eigenvalue weighted by atomic mass is 9.78. The molecule has 0 bridgehead atoms. The highest BCUT2D eigenvalue weighted by molar-refractivity contribution is 5.96. The number of nitrogens with zero attached hydrogens (tertiary/aromatic N) is 2. The van der Waals surface area contributed by atoms with E-state index >= 15 is 0 Å². The van der Waals surface area contributed by atoms with Crippen molar-refractivity contribution in [2.24, 2.45) is 5.41 Å². The van der Waals surface area contributed by atoms with Crippen molar-refractivity contribution in [3.05, 3.63) is 60.7 Å². The monoisotopic (exact) mass is 364 g/mol. The van der Waals surface area contributed by atoms with Gasteiger partial charge in [0.15, 0.2) is 0 Å². The summed E-state index contributed by atoms with van der Waals surface area (Å²) >= 11 is 0. The second-order valence-electron chi connectivity index (χ2n) is 7.64. The Balaban J connectivity index is 1.70. The van der Waals surface area contributed by atoms with Gasteiger partial charge in [-0.3, -0.25) is 9.59 Å². The maximum absolute atomic E-state index is 12.9. The molecule has 142 valence electrons. The Labute approximate surface area is 161 Å². The standard InChI is InChI=1S/C23H28N2O2/c1-24(19-11-5-3-6-12-19)21(26)17-23(15-9-10-16-23)18-22(27)25(2)20-13-7-4-8-14-20/h3-8,11-14H,9-10,15-18H2,1-2H3. The third kappa shape index (κ3) is 4.57. The van der Waals surface area contributed by atoms with Crippen LogP contribution in [0.2, 0.25) is 0 Å². The van der Waals surface area contributed by atoms with E-state index in [0.29, 0.717) is 12.8 Å². The fourth-order valence-electron chi connectivity index (χ4n) is 4.01. The van der Waals surface area contributed by atoms with Crippen molar-refractivity contribution in [3.63, 3.8) is 0 Å². The number of para-hydroxylation sites is 2. The molecule has 0 saturated heterocycles. The largest absolute Gasteiger partial charge is 0.315 e. The molecule has 0 spiro atoms.